The molecule has 0 heterocycles. The Morgan fingerprint density at radius 2 is 2.05 bits per heavy atom. The van der Waals surface area contributed by atoms with E-state index in [0.29, 0.717) is 11.4 Å². The normalized spacial score (nSPS) is 12.3. The molecule has 0 radical (unpaired) electrons. The summed E-state index contributed by atoms with van der Waals surface area (Å²) in [5, 5.41) is 3.19. The fraction of sp³-hybridized carbons (Fsp3) is 0.571. The molecule has 3 nitrogen and oxygen atoms in total. The molecule has 0 aliphatic rings. The second-order valence-electron chi connectivity index (χ2n) is 4.43. The van der Waals surface area contributed by atoms with E-state index in [1.165, 1.54) is 13.2 Å². The molecule has 1 rings (SSSR count). The van der Waals surface area contributed by atoms with Crippen LogP contribution in [-0.2, 0) is 0 Å². The molecule has 0 saturated heterocycles. The van der Waals surface area contributed by atoms with Crippen LogP contribution in [0.3, 0.4) is 0 Å². The molecule has 1 atom stereocenters. The largest absolute Gasteiger partial charge is 0.497 e. The summed E-state index contributed by atoms with van der Waals surface area (Å²) >= 11 is 0. The van der Waals surface area contributed by atoms with E-state index in [9.17, 15) is 8.78 Å². The van der Waals surface area contributed by atoms with Crippen LogP contribution in [-0.4, -0.2) is 19.8 Å². The van der Waals surface area contributed by atoms with Crippen molar-refractivity contribution in [2.45, 2.75) is 45.8 Å². The van der Waals surface area contributed by atoms with Crippen LogP contribution < -0.4 is 14.8 Å². The maximum atomic E-state index is 12.3. The topological polar surface area (TPSA) is 30.5 Å². The van der Waals surface area contributed by atoms with Gasteiger partial charge in [-0.1, -0.05) is 19.8 Å². The van der Waals surface area contributed by atoms with Crippen molar-refractivity contribution >= 4 is 5.69 Å². The fourth-order valence-electron chi connectivity index (χ4n) is 1.80. The molecule has 0 aromatic heterocycles. The van der Waals surface area contributed by atoms with Gasteiger partial charge in [0.1, 0.15) is 11.5 Å². The van der Waals surface area contributed by atoms with Crippen LogP contribution in [0, 0.1) is 0 Å². The highest BCUT2D eigenvalue weighted by Gasteiger charge is 2.12. The Hall–Kier alpha value is -1.52. The zero-order chi connectivity index (χ0) is 14.3. The summed E-state index contributed by atoms with van der Waals surface area (Å²) in [4.78, 5) is 0. The Bertz CT molecular complexity index is 386. The summed E-state index contributed by atoms with van der Waals surface area (Å²) in [5.41, 5.74) is 0.531. The zero-order valence-electron chi connectivity index (χ0n) is 11.6. The van der Waals surface area contributed by atoms with E-state index >= 15 is 0 Å². The highest BCUT2D eigenvalue weighted by atomic mass is 19.3. The molecule has 19 heavy (non-hydrogen) atoms. The van der Waals surface area contributed by atoms with Crippen LogP contribution in [0.4, 0.5) is 14.5 Å². The Balaban J connectivity index is 2.81. The van der Waals surface area contributed by atoms with Gasteiger partial charge in [0.25, 0.3) is 0 Å². The summed E-state index contributed by atoms with van der Waals surface area (Å²) in [6, 6.07) is 4.94. The minimum Gasteiger partial charge on any atom is -0.497 e. The number of benzene rings is 1. The number of ether oxygens (including phenoxy) is 2. The van der Waals surface area contributed by atoms with Gasteiger partial charge in [0.2, 0.25) is 0 Å². The predicted octanol–water partition coefficient (Wildman–Crippen LogP) is 4.29. The standard InChI is InChI=1S/C14H21F2NO2/c1-4-5-6-10(2)17-12-9-11(18-3)7-8-13(12)19-14(15)16/h7-10,14,17H,4-6H2,1-3H3. The number of methoxy groups -OCH3 is 1. The van der Waals surface area contributed by atoms with Crippen molar-refractivity contribution in [2.24, 2.45) is 0 Å². The molecule has 0 amide bonds. The van der Waals surface area contributed by atoms with Crippen LogP contribution in [0.25, 0.3) is 0 Å². The zero-order valence-corrected chi connectivity index (χ0v) is 11.6. The summed E-state index contributed by atoms with van der Waals surface area (Å²) in [6.45, 7) is 1.30. The molecule has 108 valence electrons. The quantitative estimate of drug-likeness (QED) is 0.766. The van der Waals surface area contributed by atoms with E-state index in [-0.39, 0.29) is 11.8 Å². The molecule has 1 unspecified atom stereocenters. The lowest BCUT2D eigenvalue weighted by molar-refractivity contribution is -0.0494. The van der Waals surface area contributed by atoms with E-state index in [0.717, 1.165) is 19.3 Å². The van der Waals surface area contributed by atoms with E-state index in [4.69, 9.17) is 4.74 Å². The summed E-state index contributed by atoms with van der Waals surface area (Å²) in [7, 11) is 1.53. The van der Waals surface area contributed by atoms with Crippen LogP contribution in [0.2, 0.25) is 0 Å². The molecule has 0 fully saturated rings. The van der Waals surface area contributed by atoms with Crippen molar-refractivity contribution in [1.82, 2.24) is 0 Å². The van der Waals surface area contributed by atoms with Crippen LogP contribution in [0.1, 0.15) is 33.1 Å². The van der Waals surface area contributed by atoms with Crippen LogP contribution in [0.15, 0.2) is 18.2 Å². The Morgan fingerprint density at radius 1 is 1.32 bits per heavy atom. The number of alkyl halides is 2. The van der Waals surface area contributed by atoms with Gasteiger partial charge in [0.05, 0.1) is 12.8 Å². The number of nitrogens with one attached hydrogen (secondary N) is 1. The monoisotopic (exact) mass is 273 g/mol. The van der Waals surface area contributed by atoms with Crippen molar-refractivity contribution in [3.8, 4) is 11.5 Å². The summed E-state index contributed by atoms with van der Waals surface area (Å²) in [6.07, 6.45) is 3.16. The van der Waals surface area contributed by atoms with E-state index in [1.807, 2.05) is 6.92 Å². The molecule has 0 spiro atoms. The lowest BCUT2D eigenvalue weighted by Crippen LogP contribution is -2.16. The third-order valence-electron chi connectivity index (χ3n) is 2.80. The van der Waals surface area contributed by atoms with Gasteiger partial charge >= 0.3 is 6.61 Å². The van der Waals surface area contributed by atoms with Gasteiger partial charge < -0.3 is 14.8 Å². The molecule has 5 heteroatoms. The van der Waals surface area contributed by atoms with Gasteiger partial charge in [-0.15, -0.1) is 0 Å². The van der Waals surface area contributed by atoms with Crippen molar-refractivity contribution in [2.75, 3.05) is 12.4 Å². The Morgan fingerprint density at radius 3 is 2.63 bits per heavy atom. The lowest BCUT2D eigenvalue weighted by Gasteiger charge is -2.18. The smallest absolute Gasteiger partial charge is 0.387 e. The average Bonchev–Trinajstić information content (AvgIpc) is 2.37. The number of hydrogen-bond donors (Lipinski definition) is 1. The van der Waals surface area contributed by atoms with Gasteiger partial charge in [-0.3, -0.25) is 0 Å². The first kappa shape index (κ1) is 15.5. The van der Waals surface area contributed by atoms with Crippen molar-refractivity contribution in [1.29, 1.82) is 0 Å². The molecule has 0 aliphatic heterocycles. The molecule has 0 saturated carbocycles. The van der Waals surface area contributed by atoms with Gasteiger partial charge in [-0.05, 0) is 25.5 Å². The van der Waals surface area contributed by atoms with Crippen LogP contribution in [0.5, 0.6) is 11.5 Å². The summed E-state index contributed by atoms with van der Waals surface area (Å²) in [5.74, 6) is 0.742. The molecule has 0 bridgehead atoms. The van der Waals surface area contributed by atoms with E-state index < -0.39 is 6.61 Å². The maximum absolute atomic E-state index is 12.3. The van der Waals surface area contributed by atoms with Crippen molar-refractivity contribution < 1.29 is 18.3 Å². The minimum absolute atomic E-state index is 0.138. The number of hydrogen-bond acceptors (Lipinski definition) is 3. The van der Waals surface area contributed by atoms with Gasteiger partial charge in [0.15, 0.2) is 0 Å². The SMILES string of the molecule is CCCCC(C)Nc1cc(OC)ccc1OC(F)F. The second kappa shape index (κ2) is 7.81. The average molecular weight is 273 g/mol. The molecular formula is C14H21F2NO2. The first-order valence-corrected chi connectivity index (χ1v) is 6.46. The molecular weight excluding hydrogens is 252 g/mol. The number of halogens is 2. The number of rotatable bonds is 8. The predicted molar refractivity (Wildman–Crippen MR) is 72.2 cm³/mol. The van der Waals surface area contributed by atoms with Gasteiger partial charge in [-0.25, -0.2) is 0 Å². The minimum atomic E-state index is -2.83. The van der Waals surface area contributed by atoms with Crippen molar-refractivity contribution in [3.05, 3.63) is 18.2 Å². The first-order chi connectivity index (χ1) is 9.06. The fourth-order valence-corrected chi connectivity index (χ4v) is 1.80. The lowest BCUT2D eigenvalue weighted by atomic mass is 10.1. The Kier molecular flexibility index (Phi) is 6.39. The van der Waals surface area contributed by atoms with E-state index in [2.05, 4.69) is 17.0 Å². The van der Waals surface area contributed by atoms with Gasteiger partial charge in [-0.2, -0.15) is 8.78 Å². The number of unbranched alkanes of at least 4 members (excludes halogenated alkanes) is 1. The second-order valence-corrected chi connectivity index (χ2v) is 4.43. The van der Waals surface area contributed by atoms with Crippen molar-refractivity contribution in [3.63, 3.8) is 0 Å². The third kappa shape index (κ3) is 5.32. The van der Waals surface area contributed by atoms with E-state index in [1.54, 1.807) is 12.1 Å². The Labute approximate surface area is 112 Å². The third-order valence-corrected chi connectivity index (χ3v) is 2.80. The van der Waals surface area contributed by atoms with Gasteiger partial charge in [0, 0.05) is 12.1 Å². The highest BCUT2D eigenvalue weighted by molar-refractivity contribution is 5.60. The number of anilines is 1. The first-order valence-electron chi connectivity index (χ1n) is 6.46. The molecule has 0 aliphatic carbocycles. The molecule has 1 N–H and O–H groups in total. The molecule has 1 aromatic rings. The maximum Gasteiger partial charge on any atom is 0.387 e. The summed E-state index contributed by atoms with van der Waals surface area (Å²) < 4.78 is 34.3. The van der Waals surface area contributed by atoms with Crippen LogP contribution >= 0.6 is 0 Å². The highest BCUT2D eigenvalue weighted by Crippen LogP contribution is 2.31. The molecule has 1 aromatic carbocycles.